The van der Waals surface area contributed by atoms with Crippen molar-refractivity contribution in [3.8, 4) is 0 Å². The minimum atomic E-state index is -1.07. The maximum atomic E-state index is 11.9. The molecule has 0 aromatic rings. The van der Waals surface area contributed by atoms with Gasteiger partial charge in [-0.3, -0.25) is 29.4 Å². The van der Waals surface area contributed by atoms with Crippen LogP contribution in [0, 0.1) is 48.3 Å². The first kappa shape index (κ1) is 87.2. The van der Waals surface area contributed by atoms with Crippen molar-refractivity contribution in [2.24, 2.45) is 41.2 Å². The number of primary amides is 1. The van der Waals surface area contributed by atoms with Gasteiger partial charge in [0.2, 0.25) is 5.91 Å². The molecule has 0 radical (unpaired) electrons. The van der Waals surface area contributed by atoms with Gasteiger partial charge in [-0.25, -0.2) is 0 Å². The number of unbranched alkanes of at least 4 members (excludes halogenated alkanes) is 21. The minimum absolute atomic E-state index is 0. The van der Waals surface area contributed by atoms with Gasteiger partial charge in [0.15, 0.2) is 12.0 Å². The van der Waals surface area contributed by atoms with Gasteiger partial charge in [-0.15, -0.1) is 0 Å². The summed E-state index contributed by atoms with van der Waals surface area (Å²) in [6.45, 7) is 10.6. The summed E-state index contributed by atoms with van der Waals surface area (Å²) in [6, 6.07) is 0. The van der Waals surface area contributed by atoms with Gasteiger partial charge < -0.3 is 52.2 Å². The van der Waals surface area contributed by atoms with Crippen molar-refractivity contribution in [2.45, 2.75) is 264 Å². The molecule has 2 aliphatic rings. The van der Waals surface area contributed by atoms with E-state index < -0.39 is 29.7 Å². The fourth-order valence-electron chi connectivity index (χ4n) is 10.9. The third-order valence-corrected chi connectivity index (χ3v) is 16.3. The number of amides is 1. The summed E-state index contributed by atoms with van der Waals surface area (Å²) in [5.41, 5.74) is 6.69. The van der Waals surface area contributed by atoms with Crippen molar-refractivity contribution in [1.82, 2.24) is 0 Å². The Labute approximate surface area is 566 Å². The Morgan fingerprint density at radius 2 is 1.22 bits per heavy atom. The summed E-state index contributed by atoms with van der Waals surface area (Å²) in [7, 11) is 1.66. The van der Waals surface area contributed by atoms with Crippen LogP contribution in [-0.2, 0) is 47.7 Å². The van der Waals surface area contributed by atoms with E-state index in [4.69, 9.17) is 30.1 Å². The Kier molecular flexibility index (Phi) is 57.4. The van der Waals surface area contributed by atoms with Crippen molar-refractivity contribution >= 4 is 42.0 Å². The van der Waals surface area contributed by atoms with Gasteiger partial charge in [-0.05, 0) is 120 Å². The number of aliphatic carboxylic acids is 2. The smallest absolute Gasteiger partial charge is 0.513 e. The van der Waals surface area contributed by atoms with E-state index in [1.54, 1.807) is 7.11 Å². The molecular weight excluding hydrogens is 1150 g/mol. The van der Waals surface area contributed by atoms with Gasteiger partial charge >= 0.3 is 53.4 Å². The van der Waals surface area contributed by atoms with Crippen molar-refractivity contribution in [2.75, 3.05) is 20.3 Å². The number of carbonyl (C=O) groups is 6. The van der Waals surface area contributed by atoms with Crippen LogP contribution in [0.25, 0.3) is 0 Å². The number of ether oxygens (including phenoxy) is 4. The average Bonchev–Trinajstić information content (AvgIpc) is 2.34. The number of aldehydes is 1. The van der Waals surface area contributed by atoms with E-state index in [1.165, 1.54) is 18.4 Å². The van der Waals surface area contributed by atoms with Crippen LogP contribution < -0.4 is 35.3 Å². The predicted octanol–water partition coefficient (Wildman–Crippen LogP) is 15.3. The predicted molar refractivity (Wildman–Crippen MR) is 361 cm³/mol. The van der Waals surface area contributed by atoms with E-state index in [-0.39, 0.29) is 104 Å². The van der Waals surface area contributed by atoms with Crippen LogP contribution in [0.4, 0.5) is 0 Å². The van der Waals surface area contributed by atoms with E-state index in [2.05, 4.69) is 56.9 Å². The number of hydrogen-bond donors (Lipinski definition) is 5. The molecule has 1 saturated carbocycles. The van der Waals surface area contributed by atoms with Crippen LogP contribution in [0.1, 0.15) is 258 Å². The second-order valence-electron chi connectivity index (χ2n) is 24.0. The second-order valence-corrected chi connectivity index (χ2v) is 24.0. The summed E-state index contributed by atoms with van der Waals surface area (Å²) in [6.07, 6.45) is 59.8. The summed E-state index contributed by atoms with van der Waals surface area (Å²) < 4.78 is 22.4. The summed E-state index contributed by atoms with van der Waals surface area (Å²) in [4.78, 5) is 68.1. The van der Waals surface area contributed by atoms with Crippen LogP contribution >= 0.6 is 0 Å². The van der Waals surface area contributed by atoms with Crippen LogP contribution in [-0.4, -0.2) is 83.7 Å². The van der Waals surface area contributed by atoms with E-state index in [9.17, 15) is 44.1 Å². The van der Waals surface area contributed by atoms with Crippen LogP contribution in [0.15, 0.2) is 96.6 Å². The van der Waals surface area contributed by atoms with Gasteiger partial charge in [0.05, 0.1) is 42.8 Å². The number of hydrogen-bond acceptors (Lipinski definition) is 12. The number of carboxylic acid groups (broad SMARTS) is 2. The topological polar surface area (TPSA) is 250 Å². The number of cyclic esters (lactones) is 2. The average molecular weight is 1270 g/mol. The first-order valence-corrected chi connectivity index (χ1v) is 34.0. The van der Waals surface area contributed by atoms with Gasteiger partial charge in [0.1, 0.15) is 12.9 Å². The molecule has 7 unspecified atom stereocenters. The molecule has 2 fully saturated rings. The zero-order chi connectivity index (χ0) is 64.8. The number of aliphatic hydroxyl groups excluding tert-OH is 1. The number of methoxy groups -OCH3 is 1. The molecule has 0 aromatic heterocycles. The van der Waals surface area contributed by atoms with Crippen molar-refractivity contribution in [3.63, 3.8) is 0 Å². The second kappa shape index (κ2) is 59.2. The van der Waals surface area contributed by atoms with Crippen LogP contribution in [0.5, 0.6) is 0 Å². The molecule has 1 aliphatic heterocycles. The number of allylic oxidation sites excluding steroid dienone is 15. The summed E-state index contributed by atoms with van der Waals surface area (Å²) in [5.74, 6) is -3.69. The Morgan fingerprint density at radius 3 is 1.80 bits per heavy atom. The Morgan fingerprint density at radius 1 is 0.656 bits per heavy atom. The molecule has 1 amide bonds. The fraction of sp³-hybridized carbons (Fsp3) is 0.676. The molecule has 0 aromatic carbocycles. The largest absolute Gasteiger partial charge is 1.00 e. The van der Waals surface area contributed by atoms with E-state index >= 15 is 0 Å². The number of esters is 2. The molecule has 90 heavy (non-hydrogen) atoms. The molecule has 7 atom stereocenters. The summed E-state index contributed by atoms with van der Waals surface area (Å²) in [5, 5.41) is 37.3. The third kappa shape index (κ3) is 47.1. The molecule has 1 saturated heterocycles. The first-order valence-electron chi connectivity index (χ1n) is 34.0. The zero-order valence-electron chi connectivity index (χ0n) is 56.8. The maximum Gasteiger partial charge on any atom is 1.00 e. The van der Waals surface area contributed by atoms with E-state index in [0.717, 1.165) is 198 Å². The number of nitrogens with one attached hydrogen (secondary N) is 1. The van der Waals surface area contributed by atoms with E-state index in [0.29, 0.717) is 38.4 Å². The maximum absolute atomic E-state index is 11.9. The molecule has 1 heterocycles. The number of carboxylic acids is 2. The molecular formula is C74H121N2NaO13. The Balaban J connectivity index is 0. The standard InChI is InChI=1S/C51H84N2O9.C22H34O4.CH3.Na/c1-5-7-8-19-25-30-42(46(51(58)59)37-50(56)57)31-26-21-17-18-22-27-32-47(43-34-35-43)62-44(38-60-4)39-61-49(53)33-28-23-16-14-12-10-9-11-13-15-20-24-29-41(6-2)45(40(3)54)36-48(52)55;1-2-3-12-15-19(20-18-21(24)26-22(20)25)16-13-10-8-6-4-5-7-9-11-14-17-23;;/h9,11,15,20,24,26,29,31,41-42,44-46,53-54H,3,5-8,10,12-14,16-19,21-23,25,27-28,30,32-39H2,1-2,4H3,(H2,52,55)(H,56,57)(H,58,59);8,10,13,16-17,19-20H,2-7,9,11-12,14-15,18H2,1H3;1H3;/q;;-1;+1/b11-9-,20-15-,29-24+,31-26+,53-49?;10-8-,16-13+;;. The van der Waals surface area contributed by atoms with Gasteiger partial charge in [0.25, 0.3) is 0 Å². The summed E-state index contributed by atoms with van der Waals surface area (Å²) >= 11 is 0. The zero-order valence-corrected chi connectivity index (χ0v) is 58.8. The molecule has 15 nitrogen and oxygen atoms in total. The number of nitrogens with two attached hydrogens (primary N) is 1. The SMILES string of the molecule is C=C(O)C(CC(N)=O)C(/C=C/C=C\C/C=C\CCCCCCCC(=N)OCC(COC)OC(CCCCCC/C=C/C(CCCCCCC)C(CC(=O)O)C(=O)O)=C1CC1)CC.CCCCCC(/C=C/C=C\CCCCCCCC=O)C1CC(=O)OC1=O.[CH3-].[Na+]. The molecule has 1 aliphatic carbocycles. The van der Waals surface area contributed by atoms with Crippen LogP contribution in [0.2, 0.25) is 0 Å². The quantitative estimate of drug-likeness (QED) is 0.00325. The molecule has 6 N–H and O–H groups in total. The van der Waals surface area contributed by atoms with Crippen molar-refractivity contribution < 1.29 is 92.6 Å². The molecule has 506 valence electrons. The first-order chi connectivity index (χ1) is 42.6. The van der Waals surface area contributed by atoms with Gasteiger partial charge in [0, 0.05) is 38.7 Å². The molecule has 16 heteroatoms. The van der Waals surface area contributed by atoms with E-state index in [1.807, 2.05) is 43.4 Å². The number of rotatable bonds is 56. The number of carbonyl (C=O) groups excluding carboxylic acids is 4. The normalized spacial score (nSPS) is 15.9. The Bertz CT molecular complexity index is 2180. The molecule has 0 spiro atoms. The molecule has 2 rings (SSSR count). The third-order valence-electron chi connectivity index (χ3n) is 16.3. The van der Waals surface area contributed by atoms with Crippen LogP contribution in [0.3, 0.4) is 0 Å². The fourth-order valence-corrected chi connectivity index (χ4v) is 10.9. The monoisotopic (exact) mass is 1270 g/mol. The van der Waals surface area contributed by atoms with Gasteiger partial charge in [-0.1, -0.05) is 203 Å². The molecule has 0 bridgehead atoms. The number of aliphatic hydroxyl groups is 1. The minimum Gasteiger partial charge on any atom is -0.513 e. The van der Waals surface area contributed by atoms with Crippen molar-refractivity contribution in [3.05, 3.63) is 104 Å². The van der Waals surface area contributed by atoms with Crippen molar-refractivity contribution in [1.29, 1.82) is 5.41 Å². The Hall–Kier alpha value is -4.83. The van der Waals surface area contributed by atoms with Gasteiger partial charge in [-0.2, -0.15) is 0 Å².